The highest BCUT2D eigenvalue weighted by atomic mass is 16.2. The smallest absolute Gasteiger partial charge is 0.246 e. The van der Waals surface area contributed by atoms with Crippen LogP contribution >= 0.6 is 0 Å². The van der Waals surface area contributed by atoms with Crippen LogP contribution in [0.25, 0.3) is 6.08 Å². The van der Waals surface area contributed by atoms with Gasteiger partial charge in [-0.05, 0) is 29.2 Å². The van der Waals surface area contributed by atoms with E-state index in [1.165, 1.54) is 0 Å². The van der Waals surface area contributed by atoms with Crippen LogP contribution in [0, 0.1) is 11.3 Å². The highest BCUT2D eigenvalue weighted by Gasteiger charge is 2.47. The molecular formula is C24H25N3O2. The van der Waals surface area contributed by atoms with Gasteiger partial charge < -0.3 is 10.6 Å². The van der Waals surface area contributed by atoms with Gasteiger partial charge in [0.1, 0.15) is 11.6 Å². The number of carbonyl (C=O) groups is 2. The van der Waals surface area contributed by atoms with Gasteiger partial charge in [-0.15, -0.1) is 0 Å². The van der Waals surface area contributed by atoms with E-state index in [0.29, 0.717) is 18.4 Å². The Labute approximate surface area is 171 Å². The summed E-state index contributed by atoms with van der Waals surface area (Å²) < 4.78 is 0. The van der Waals surface area contributed by atoms with E-state index in [1.54, 1.807) is 18.2 Å². The second-order valence-corrected chi connectivity index (χ2v) is 7.45. The van der Waals surface area contributed by atoms with E-state index in [4.69, 9.17) is 0 Å². The molecule has 29 heavy (non-hydrogen) atoms. The molecule has 2 N–H and O–H groups in total. The van der Waals surface area contributed by atoms with Crippen LogP contribution in [0.3, 0.4) is 0 Å². The van der Waals surface area contributed by atoms with Crippen LogP contribution in [0.4, 0.5) is 0 Å². The van der Waals surface area contributed by atoms with Gasteiger partial charge in [0.05, 0.1) is 11.6 Å². The van der Waals surface area contributed by atoms with Gasteiger partial charge in [-0.1, -0.05) is 69.0 Å². The summed E-state index contributed by atoms with van der Waals surface area (Å²) in [5, 5.41) is 15.4. The van der Waals surface area contributed by atoms with Crippen molar-refractivity contribution in [1.29, 1.82) is 5.26 Å². The lowest BCUT2D eigenvalue weighted by molar-refractivity contribution is -0.142. The van der Waals surface area contributed by atoms with Crippen LogP contribution in [0.15, 0.2) is 55.1 Å². The van der Waals surface area contributed by atoms with Crippen LogP contribution in [0.1, 0.15) is 48.4 Å². The van der Waals surface area contributed by atoms with E-state index in [1.807, 2.05) is 50.2 Å². The van der Waals surface area contributed by atoms with Crippen LogP contribution < -0.4 is 10.6 Å². The van der Waals surface area contributed by atoms with Crippen molar-refractivity contribution < 1.29 is 9.59 Å². The third-order valence-electron chi connectivity index (χ3n) is 5.75. The minimum atomic E-state index is -0.981. The fraction of sp³-hybridized carbons (Fsp3) is 0.292. The van der Waals surface area contributed by atoms with Crippen molar-refractivity contribution >= 4 is 17.9 Å². The molecule has 2 aromatic carbocycles. The van der Waals surface area contributed by atoms with Gasteiger partial charge >= 0.3 is 0 Å². The normalized spacial score (nSPS) is 22.2. The first kappa shape index (κ1) is 20.3. The number of carbonyl (C=O) groups excluding carboxylic acids is 2. The quantitative estimate of drug-likeness (QED) is 0.798. The summed E-state index contributed by atoms with van der Waals surface area (Å²) in [7, 11) is 0. The maximum atomic E-state index is 13.1. The Hall–Kier alpha value is -3.39. The third kappa shape index (κ3) is 3.79. The molecule has 1 saturated heterocycles. The maximum Gasteiger partial charge on any atom is 0.246 e. The monoisotopic (exact) mass is 387 g/mol. The van der Waals surface area contributed by atoms with Crippen LogP contribution in [-0.2, 0) is 16.0 Å². The molecule has 0 bridgehead atoms. The van der Waals surface area contributed by atoms with Gasteiger partial charge in [-0.3, -0.25) is 9.59 Å². The van der Waals surface area contributed by atoms with Crippen LogP contribution in [0.2, 0.25) is 0 Å². The summed E-state index contributed by atoms with van der Waals surface area (Å²) in [6.07, 6.45) is 2.57. The van der Waals surface area contributed by atoms with E-state index in [0.717, 1.165) is 16.7 Å². The van der Waals surface area contributed by atoms with E-state index in [9.17, 15) is 14.9 Å². The standard InChI is InChI=1S/C24H25N3O2/c1-4-18-12-9-13-19(15-25)20(18)16(3)21-22(28)27-24(5-2,23(29)26-21)14-17-10-7-6-8-11-17/h4,6-13,16,21H,1,5,14H2,2-3H3,(H,26,29)(H,27,28). The first-order valence-electron chi connectivity index (χ1n) is 9.78. The lowest BCUT2D eigenvalue weighted by Crippen LogP contribution is -2.70. The number of nitrogens with one attached hydrogen (secondary N) is 2. The first-order valence-corrected chi connectivity index (χ1v) is 9.78. The summed E-state index contributed by atoms with van der Waals surface area (Å²) in [6.45, 7) is 7.56. The Bertz CT molecular complexity index is 977. The minimum Gasteiger partial charge on any atom is -0.342 e. The van der Waals surface area contributed by atoms with E-state index in [-0.39, 0.29) is 17.7 Å². The van der Waals surface area contributed by atoms with Gasteiger partial charge in [0.15, 0.2) is 0 Å². The molecule has 1 aliphatic heterocycles. The number of rotatable bonds is 6. The topological polar surface area (TPSA) is 82.0 Å². The second kappa shape index (κ2) is 8.32. The Morgan fingerprint density at radius 3 is 2.55 bits per heavy atom. The predicted octanol–water partition coefficient (Wildman–Crippen LogP) is 3.31. The Morgan fingerprint density at radius 1 is 1.21 bits per heavy atom. The summed E-state index contributed by atoms with van der Waals surface area (Å²) >= 11 is 0. The lowest BCUT2D eigenvalue weighted by atomic mass is 9.80. The number of nitrogens with zero attached hydrogens (tertiary/aromatic N) is 1. The number of benzene rings is 2. The van der Waals surface area contributed by atoms with E-state index in [2.05, 4.69) is 23.3 Å². The summed E-state index contributed by atoms with van der Waals surface area (Å²) in [6, 6.07) is 16.4. The van der Waals surface area contributed by atoms with Gasteiger partial charge in [-0.25, -0.2) is 0 Å². The molecule has 0 spiro atoms. The van der Waals surface area contributed by atoms with E-state index >= 15 is 0 Å². The molecule has 1 aliphatic rings. The molecule has 1 fully saturated rings. The molecule has 1 heterocycles. The summed E-state index contributed by atoms with van der Waals surface area (Å²) in [5.74, 6) is -0.818. The molecule has 3 atom stereocenters. The highest BCUT2D eigenvalue weighted by Crippen LogP contribution is 2.31. The second-order valence-electron chi connectivity index (χ2n) is 7.45. The summed E-state index contributed by atoms with van der Waals surface area (Å²) in [4.78, 5) is 26.2. The maximum absolute atomic E-state index is 13.1. The molecule has 148 valence electrons. The van der Waals surface area contributed by atoms with Crippen molar-refractivity contribution in [2.24, 2.45) is 0 Å². The number of piperazine rings is 1. The lowest BCUT2D eigenvalue weighted by Gasteiger charge is -2.41. The van der Waals surface area contributed by atoms with Crippen molar-refractivity contribution in [3.63, 3.8) is 0 Å². The molecule has 2 amide bonds. The molecule has 0 aromatic heterocycles. The van der Waals surface area contributed by atoms with Gasteiger partial charge in [0, 0.05) is 12.3 Å². The van der Waals surface area contributed by atoms with Gasteiger partial charge in [-0.2, -0.15) is 5.26 Å². The minimum absolute atomic E-state index is 0.199. The number of hydrogen-bond donors (Lipinski definition) is 2. The molecule has 3 unspecified atom stereocenters. The Morgan fingerprint density at radius 2 is 1.93 bits per heavy atom. The van der Waals surface area contributed by atoms with Crippen molar-refractivity contribution in [3.8, 4) is 6.07 Å². The Kier molecular flexibility index (Phi) is 5.84. The molecule has 5 nitrogen and oxygen atoms in total. The van der Waals surface area contributed by atoms with Crippen LogP contribution in [-0.4, -0.2) is 23.4 Å². The van der Waals surface area contributed by atoms with Gasteiger partial charge in [0.25, 0.3) is 0 Å². The number of nitriles is 1. The first-order chi connectivity index (χ1) is 14.0. The average molecular weight is 387 g/mol. The Balaban J connectivity index is 1.91. The molecule has 0 radical (unpaired) electrons. The predicted molar refractivity (Wildman–Crippen MR) is 113 cm³/mol. The molecular weight excluding hydrogens is 362 g/mol. The van der Waals surface area contributed by atoms with Crippen molar-refractivity contribution in [3.05, 3.63) is 77.4 Å². The molecule has 2 aromatic rings. The SMILES string of the molecule is C=Cc1cccc(C#N)c1C(C)C1NC(=O)C(CC)(Cc2ccccc2)NC1=O. The zero-order valence-corrected chi connectivity index (χ0v) is 16.7. The third-order valence-corrected chi connectivity index (χ3v) is 5.75. The zero-order chi connectivity index (χ0) is 21.0. The number of amides is 2. The summed E-state index contributed by atoms with van der Waals surface area (Å²) in [5.41, 5.74) is 1.99. The fourth-order valence-electron chi connectivity index (χ4n) is 4.04. The van der Waals surface area contributed by atoms with E-state index < -0.39 is 11.6 Å². The van der Waals surface area contributed by atoms with Crippen LogP contribution in [0.5, 0.6) is 0 Å². The molecule has 0 saturated carbocycles. The van der Waals surface area contributed by atoms with Crippen molar-refractivity contribution in [2.45, 2.75) is 44.2 Å². The largest absolute Gasteiger partial charge is 0.342 e. The molecule has 3 rings (SSSR count). The van der Waals surface area contributed by atoms with Crippen molar-refractivity contribution in [1.82, 2.24) is 10.6 Å². The molecule has 0 aliphatic carbocycles. The number of hydrogen-bond acceptors (Lipinski definition) is 3. The fourth-order valence-corrected chi connectivity index (χ4v) is 4.04. The zero-order valence-electron chi connectivity index (χ0n) is 16.7. The average Bonchev–Trinajstić information content (AvgIpc) is 2.75. The van der Waals surface area contributed by atoms with Crippen molar-refractivity contribution in [2.75, 3.05) is 0 Å². The van der Waals surface area contributed by atoms with Gasteiger partial charge in [0.2, 0.25) is 11.8 Å². The highest BCUT2D eigenvalue weighted by molar-refractivity contribution is 6.00. The molecule has 5 heteroatoms.